The van der Waals surface area contributed by atoms with E-state index in [0.717, 1.165) is 11.8 Å². The second-order valence-corrected chi connectivity index (χ2v) is 21.7. The van der Waals surface area contributed by atoms with Crippen molar-refractivity contribution in [3.05, 3.63) is 0 Å². The molecule has 3 aliphatic rings. The first-order valence-electron chi connectivity index (χ1n) is 11.6. The molecular formula is C21H44O3Si2-2. The monoisotopic (exact) mass is 400 g/mol. The fourth-order valence-electron chi connectivity index (χ4n) is 5.33. The fraction of sp³-hybridized carbons (Fsp3) is 1.00. The zero-order chi connectivity index (χ0) is 18.9. The van der Waals surface area contributed by atoms with Gasteiger partial charge in [0.15, 0.2) is 0 Å². The zero-order valence-corrected chi connectivity index (χ0v) is 20.5. The molecule has 0 radical (unpaired) electrons. The van der Waals surface area contributed by atoms with E-state index in [4.69, 9.17) is 13.6 Å². The van der Waals surface area contributed by atoms with E-state index >= 15 is 0 Å². The van der Waals surface area contributed by atoms with Gasteiger partial charge in [-0.05, 0) is 0 Å². The Kier molecular flexibility index (Phi) is 6.76. The molecule has 3 rings (SSSR count). The first-order chi connectivity index (χ1) is 12.1. The predicted molar refractivity (Wildman–Crippen MR) is 116 cm³/mol. The molecule has 1 aliphatic carbocycles. The van der Waals surface area contributed by atoms with Crippen molar-refractivity contribution in [1.29, 1.82) is 0 Å². The summed E-state index contributed by atoms with van der Waals surface area (Å²) >= 11 is 0. The molecule has 3 nitrogen and oxygen atoms in total. The van der Waals surface area contributed by atoms with Gasteiger partial charge in [0.2, 0.25) is 0 Å². The minimum atomic E-state index is -1.84. The molecular weight excluding hydrogens is 356 g/mol. The van der Waals surface area contributed by atoms with Crippen LogP contribution in [-0.4, -0.2) is 41.1 Å². The van der Waals surface area contributed by atoms with Gasteiger partial charge in [0.1, 0.15) is 0 Å². The van der Waals surface area contributed by atoms with Crippen LogP contribution in [0.15, 0.2) is 0 Å². The van der Waals surface area contributed by atoms with E-state index in [2.05, 4.69) is 40.0 Å². The summed E-state index contributed by atoms with van der Waals surface area (Å²) in [6.45, 7) is 14.6. The van der Waals surface area contributed by atoms with E-state index in [-0.39, 0.29) is 0 Å². The molecule has 0 aromatic carbocycles. The maximum atomic E-state index is 6.94. The van der Waals surface area contributed by atoms with E-state index < -0.39 is 16.6 Å². The molecule has 0 spiro atoms. The minimum absolute atomic E-state index is 0.521. The molecule has 0 aromatic heterocycles. The average molecular weight is 401 g/mol. The van der Waals surface area contributed by atoms with Crippen LogP contribution in [0.25, 0.3) is 0 Å². The van der Waals surface area contributed by atoms with Gasteiger partial charge in [-0.1, -0.05) is 0 Å². The molecule has 0 aromatic rings. The average Bonchev–Trinajstić information content (AvgIpc) is 3.44. The van der Waals surface area contributed by atoms with Crippen LogP contribution in [0.3, 0.4) is 0 Å². The first kappa shape index (κ1) is 21.0. The van der Waals surface area contributed by atoms with Gasteiger partial charge in [0.05, 0.1) is 0 Å². The third-order valence-corrected chi connectivity index (χ3v) is 16.6. The zero-order valence-electron chi connectivity index (χ0n) is 18.2. The van der Waals surface area contributed by atoms with Gasteiger partial charge in [-0.3, -0.25) is 0 Å². The molecule has 2 heterocycles. The van der Waals surface area contributed by atoms with Crippen LogP contribution >= 0.6 is 0 Å². The standard InChI is InChI=1S/C21H44O3Si2/c1-16(7-9-19-17(2)22-19)11-13-25(3,4)24-26(5,6)14-12-18-8-10-20-21(15-18)23-20/h16-21,25-26H,7-15H2,1-6H3/q-2. The third kappa shape index (κ3) is 6.73. The second kappa shape index (κ2) is 8.36. The van der Waals surface area contributed by atoms with Crippen molar-refractivity contribution in [1.82, 2.24) is 0 Å². The molecule has 0 bridgehead atoms. The molecule has 1 saturated carbocycles. The Morgan fingerprint density at radius 2 is 1.62 bits per heavy atom. The summed E-state index contributed by atoms with van der Waals surface area (Å²) < 4.78 is 18.2. The van der Waals surface area contributed by atoms with Crippen molar-refractivity contribution >= 4 is 16.6 Å². The molecule has 0 N–H and O–H groups in total. The van der Waals surface area contributed by atoms with Gasteiger partial charge in [-0.15, -0.1) is 0 Å². The van der Waals surface area contributed by atoms with Gasteiger partial charge >= 0.3 is 164 Å². The van der Waals surface area contributed by atoms with Crippen LogP contribution < -0.4 is 0 Å². The normalized spacial score (nSPS) is 36.3. The molecule has 2 saturated heterocycles. The van der Waals surface area contributed by atoms with Crippen molar-refractivity contribution in [2.75, 3.05) is 0 Å². The number of ether oxygens (including phenoxy) is 2. The number of epoxide rings is 2. The van der Waals surface area contributed by atoms with E-state index in [1.54, 1.807) is 0 Å². The topological polar surface area (TPSA) is 34.3 Å². The molecule has 6 atom stereocenters. The van der Waals surface area contributed by atoms with Crippen LogP contribution in [-0.2, 0) is 13.6 Å². The van der Waals surface area contributed by atoms with Gasteiger partial charge < -0.3 is 0 Å². The Labute approximate surface area is 163 Å². The summed E-state index contributed by atoms with van der Waals surface area (Å²) in [4.78, 5) is 0. The van der Waals surface area contributed by atoms with Gasteiger partial charge in [-0.2, -0.15) is 0 Å². The number of rotatable bonds is 11. The molecule has 6 unspecified atom stereocenters. The van der Waals surface area contributed by atoms with Crippen molar-refractivity contribution in [3.8, 4) is 0 Å². The Balaban J connectivity index is 1.32. The van der Waals surface area contributed by atoms with Crippen molar-refractivity contribution < 1.29 is 13.6 Å². The second-order valence-electron chi connectivity index (χ2n) is 11.3. The van der Waals surface area contributed by atoms with Gasteiger partial charge in [-0.25, -0.2) is 0 Å². The number of fused-ring (bicyclic) bond motifs is 1. The SMILES string of the molecule is CC(CCC1OC1C)CC[SiH-](C)(C)O[SiH-](C)(C)CCC1CCC2OC2C1. The molecule has 26 heavy (non-hydrogen) atoms. The van der Waals surface area contributed by atoms with Crippen LogP contribution in [0.2, 0.25) is 38.3 Å². The summed E-state index contributed by atoms with van der Waals surface area (Å²) in [6.07, 6.45) is 11.7. The summed E-state index contributed by atoms with van der Waals surface area (Å²) in [5, 5.41) is 0. The summed E-state index contributed by atoms with van der Waals surface area (Å²) in [5.74, 6) is 1.72. The van der Waals surface area contributed by atoms with Crippen LogP contribution in [0.1, 0.15) is 58.8 Å². The first-order valence-corrected chi connectivity index (χ1v) is 18.8. The molecule has 3 fully saturated rings. The Bertz CT molecular complexity index is 468. The Hall–Kier alpha value is 0.314. The molecule has 5 heteroatoms. The quantitative estimate of drug-likeness (QED) is 0.342. The Morgan fingerprint density at radius 3 is 2.27 bits per heavy atom. The molecule has 2 aliphatic heterocycles. The molecule has 156 valence electrons. The van der Waals surface area contributed by atoms with Crippen LogP contribution in [0, 0.1) is 11.8 Å². The van der Waals surface area contributed by atoms with E-state index in [1.807, 2.05) is 0 Å². The van der Waals surface area contributed by atoms with Crippen molar-refractivity contribution in [2.24, 2.45) is 11.8 Å². The van der Waals surface area contributed by atoms with E-state index in [1.165, 1.54) is 57.0 Å². The van der Waals surface area contributed by atoms with Crippen LogP contribution in [0.5, 0.6) is 0 Å². The summed E-state index contributed by atoms with van der Waals surface area (Å²) in [5.41, 5.74) is 0. The predicted octanol–water partition coefficient (Wildman–Crippen LogP) is 5.43. The number of hydrogen-bond acceptors (Lipinski definition) is 3. The summed E-state index contributed by atoms with van der Waals surface area (Å²) in [6, 6.07) is 2.71. The van der Waals surface area contributed by atoms with Crippen LogP contribution in [0.4, 0.5) is 0 Å². The van der Waals surface area contributed by atoms with E-state index in [9.17, 15) is 0 Å². The fourth-order valence-corrected chi connectivity index (χ4v) is 17.0. The van der Waals surface area contributed by atoms with Crippen molar-refractivity contribution in [3.63, 3.8) is 0 Å². The van der Waals surface area contributed by atoms with Gasteiger partial charge in [0.25, 0.3) is 0 Å². The van der Waals surface area contributed by atoms with Gasteiger partial charge in [0, 0.05) is 0 Å². The van der Waals surface area contributed by atoms with E-state index in [0.29, 0.717) is 24.4 Å². The Morgan fingerprint density at radius 1 is 0.923 bits per heavy atom. The van der Waals surface area contributed by atoms with Crippen molar-refractivity contribution in [2.45, 2.75) is 121 Å². The summed E-state index contributed by atoms with van der Waals surface area (Å²) in [7, 11) is -3.68. The third-order valence-electron chi connectivity index (χ3n) is 7.25. The molecule has 0 amide bonds. The maximum absolute atomic E-state index is 6.94. The number of hydrogen-bond donors (Lipinski definition) is 0.